The van der Waals surface area contributed by atoms with Crippen molar-refractivity contribution < 1.29 is 9.53 Å². The van der Waals surface area contributed by atoms with Gasteiger partial charge >= 0.3 is 5.97 Å². The molecule has 1 aromatic carbocycles. The first-order valence-corrected chi connectivity index (χ1v) is 7.03. The normalized spacial score (nSPS) is 14.2. The Hall–Kier alpha value is -1.81. The fourth-order valence-corrected chi connectivity index (χ4v) is 2.31. The van der Waals surface area contributed by atoms with E-state index in [9.17, 15) is 4.79 Å². The summed E-state index contributed by atoms with van der Waals surface area (Å²) in [6.45, 7) is 4.79. The molecule has 0 bridgehead atoms. The Bertz CT molecular complexity index is 577. The summed E-state index contributed by atoms with van der Waals surface area (Å²) >= 11 is 0. The standard InChI is InChI=1S/C16H22N2O2/c1-4-11(2)15(16(19)20-3)18-10-12-5-6-13-7-8-17-14(13)9-12/h5-9,11,15,17-18H,4,10H2,1-3H3. The van der Waals surface area contributed by atoms with Crippen LogP contribution in [0.3, 0.4) is 0 Å². The number of hydrogen-bond acceptors (Lipinski definition) is 3. The van der Waals surface area contributed by atoms with Gasteiger partial charge in [-0.1, -0.05) is 32.4 Å². The van der Waals surface area contributed by atoms with Gasteiger partial charge in [0.1, 0.15) is 6.04 Å². The maximum Gasteiger partial charge on any atom is 0.323 e. The van der Waals surface area contributed by atoms with Crippen molar-refractivity contribution in [2.24, 2.45) is 5.92 Å². The van der Waals surface area contributed by atoms with Crippen molar-refractivity contribution in [3.63, 3.8) is 0 Å². The second-order valence-corrected chi connectivity index (χ2v) is 5.17. The van der Waals surface area contributed by atoms with Gasteiger partial charge in [-0.15, -0.1) is 0 Å². The summed E-state index contributed by atoms with van der Waals surface area (Å²) in [7, 11) is 1.43. The highest BCUT2D eigenvalue weighted by Gasteiger charge is 2.24. The predicted molar refractivity (Wildman–Crippen MR) is 80.4 cm³/mol. The Kier molecular flexibility index (Phi) is 4.79. The molecule has 0 aliphatic carbocycles. The third-order valence-electron chi connectivity index (χ3n) is 3.81. The number of H-pyrrole nitrogens is 1. The lowest BCUT2D eigenvalue weighted by Gasteiger charge is -2.22. The molecular weight excluding hydrogens is 252 g/mol. The summed E-state index contributed by atoms with van der Waals surface area (Å²) in [6, 6.07) is 8.05. The van der Waals surface area contributed by atoms with E-state index in [1.807, 2.05) is 12.3 Å². The molecule has 2 rings (SSSR count). The number of fused-ring (bicyclic) bond motifs is 1. The molecule has 4 heteroatoms. The largest absolute Gasteiger partial charge is 0.468 e. The molecule has 1 aromatic heterocycles. The van der Waals surface area contributed by atoms with Gasteiger partial charge in [0.25, 0.3) is 0 Å². The number of esters is 1. The highest BCUT2D eigenvalue weighted by atomic mass is 16.5. The number of aromatic nitrogens is 1. The Balaban J connectivity index is 2.06. The summed E-state index contributed by atoms with van der Waals surface area (Å²) in [5.74, 6) is 0.0528. The lowest BCUT2D eigenvalue weighted by atomic mass is 9.99. The quantitative estimate of drug-likeness (QED) is 0.796. The van der Waals surface area contributed by atoms with Crippen LogP contribution in [0.15, 0.2) is 30.5 Å². The molecule has 2 N–H and O–H groups in total. The first-order valence-electron chi connectivity index (χ1n) is 7.03. The zero-order valence-corrected chi connectivity index (χ0v) is 12.3. The minimum atomic E-state index is -0.260. The van der Waals surface area contributed by atoms with Crippen LogP contribution in [0.25, 0.3) is 10.9 Å². The molecule has 0 amide bonds. The van der Waals surface area contributed by atoms with Gasteiger partial charge in [-0.2, -0.15) is 0 Å². The number of nitrogens with one attached hydrogen (secondary N) is 2. The van der Waals surface area contributed by atoms with Crippen LogP contribution in [0.5, 0.6) is 0 Å². The number of aromatic amines is 1. The van der Waals surface area contributed by atoms with E-state index < -0.39 is 0 Å². The van der Waals surface area contributed by atoms with E-state index in [1.54, 1.807) is 0 Å². The van der Waals surface area contributed by atoms with Crippen molar-refractivity contribution in [2.75, 3.05) is 7.11 Å². The van der Waals surface area contributed by atoms with Crippen LogP contribution in [0, 0.1) is 5.92 Å². The topological polar surface area (TPSA) is 54.1 Å². The fourth-order valence-electron chi connectivity index (χ4n) is 2.31. The van der Waals surface area contributed by atoms with Crippen LogP contribution in [0.2, 0.25) is 0 Å². The van der Waals surface area contributed by atoms with Crippen molar-refractivity contribution in [3.8, 4) is 0 Å². The average Bonchev–Trinajstić information content (AvgIpc) is 2.94. The second kappa shape index (κ2) is 6.57. The van der Waals surface area contributed by atoms with Gasteiger partial charge in [-0.25, -0.2) is 0 Å². The van der Waals surface area contributed by atoms with Crippen molar-refractivity contribution >= 4 is 16.9 Å². The number of carbonyl (C=O) groups is 1. The van der Waals surface area contributed by atoms with Gasteiger partial charge < -0.3 is 15.0 Å². The van der Waals surface area contributed by atoms with Crippen molar-refractivity contribution in [2.45, 2.75) is 32.9 Å². The summed E-state index contributed by atoms with van der Waals surface area (Å²) in [5, 5.41) is 4.50. The minimum Gasteiger partial charge on any atom is -0.468 e. The average molecular weight is 274 g/mol. The van der Waals surface area contributed by atoms with Gasteiger partial charge in [0, 0.05) is 18.3 Å². The molecule has 0 saturated carbocycles. The minimum absolute atomic E-state index is 0.194. The zero-order chi connectivity index (χ0) is 14.5. The highest BCUT2D eigenvalue weighted by molar-refractivity contribution is 5.80. The molecule has 1 heterocycles. The van der Waals surface area contributed by atoms with Crippen molar-refractivity contribution in [1.29, 1.82) is 0 Å². The maximum atomic E-state index is 11.8. The molecule has 2 atom stereocenters. The summed E-state index contributed by atoms with van der Waals surface area (Å²) < 4.78 is 4.87. The fraction of sp³-hybridized carbons (Fsp3) is 0.438. The maximum absolute atomic E-state index is 11.8. The molecule has 0 aliphatic heterocycles. The molecule has 4 nitrogen and oxygen atoms in total. The zero-order valence-electron chi connectivity index (χ0n) is 12.3. The van der Waals surface area contributed by atoms with Gasteiger partial charge in [-0.3, -0.25) is 4.79 Å². The number of rotatable bonds is 6. The molecule has 2 aromatic rings. The first-order chi connectivity index (χ1) is 9.65. The lowest BCUT2D eigenvalue weighted by Crippen LogP contribution is -2.42. The number of ether oxygens (including phenoxy) is 1. The molecule has 0 fully saturated rings. The lowest BCUT2D eigenvalue weighted by molar-refractivity contribution is -0.144. The SMILES string of the molecule is CCC(C)C(NCc1ccc2cc[nH]c2c1)C(=O)OC. The third kappa shape index (κ3) is 3.20. The Labute approximate surface area is 119 Å². The van der Waals surface area contributed by atoms with E-state index >= 15 is 0 Å². The van der Waals surface area contributed by atoms with E-state index in [2.05, 4.69) is 42.3 Å². The van der Waals surface area contributed by atoms with E-state index in [0.29, 0.717) is 6.54 Å². The second-order valence-electron chi connectivity index (χ2n) is 5.17. The molecule has 2 unspecified atom stereocenters. The summed E-state index contributed by atoms with van der Waals surface area (Å²) in [5.41, 5.74) is 2.26. The Morgan fingerprint density at radius 3 is 2.90 bits per heavy atom. The highest BCUT2D eigenvalue weighted by Crippen LogP contribution is 2.15. The first kappa shape index (κ1) is 14.6. The number of methoxy groups -OCH3 is 1. The molecular formula is C16H22N2O2. The summed E-state index contributed by atoms with van der Waals surface area (Å²) in [4.78, 5) is 15.0. The van der Waals surface area contributed by atoms with Gasteiger partial charge in [0.05, 0.1) is 7.11 Å². The number of carbonyl (C=O) groups excluding carboxylic acids is 1. The molecule has 0 saturated heterocycles. The molecule has 20 heavy (non-hydrogen) atoms. The third-order valence-corrected chi connectivity index (χ3v) is 3.81. The van der Waals surface area contributed by atoms with Crippen LogP contribution in [-0.2, 0) is 16.1 Å². The van der Waals surface area contributed by atoms with Gasteiger partial charge in [-0.05, 0) is 29.0 Å². The molecule has 0 spiro atoms. The van der Waals surface area contributed by atoms with Crippen molar-refractivity contribution in [1.82, 2.24) is 10.3 Å². The molecule has 0 radical (unpaired) electrons. The van der Waals surface area contributed by atoms with Crippen LogP contribution in [-0.4, -0.2) is 24.1 Å². The molecule has 0 aliphatic rings. The number of benzene rings is 1. The van der Waals surface area contributed by atoms with Gasteiger partial charge in [0.2, 0.25) is 0 Å². The predicted octanol–water partition coefficient (Wildman–Crippen LogP) is 2.85. The van der Waals surface area contributed by atoms with Crippen LogP contribution >= 0.6 is 0 Å². The van der Waals surface area contributed by atoms with E-state index in [0.717, 1.165) is 17.5 Å². The van der Waals surface area contributed by atoms with Gasteiger partial charge in [0.15, 0.2) is 0 Å². The van der Waals surface area contributed by atoms with E-state index in [1.165, 1.54) is 12.5 Å². The Morgan fingerprint density at radius 1 is 1.40 bits per heavy atom. The van der Waals surface area contributed by atoms with Crippen molar-refractivity contribution in [3.05, 3.63) is 36.0 Å². The monoisotopic (exact) mass is 274 g/mol. The van der Waals surface area contributed by atoms with Crippen LogP contribution in [0.1, 0.15) is 25.8 Å². The van der Waals surface area contributed by atoms with Crippen LogP contribution in [0.4, 0.5) is 0 Å². The number of hydrogen-bond donors (Lipinski definition) is 2. The van der Waals surface area contributed by atoms with Crippen LogP contribution < -0.4 is 5.32 Å². The smallest absolute Gasteiger partial charge is 0.323 e. The van der Waals surface area contributed by atoms with E-state index in [4.69, 9.17) is 4.74 Å². The molecule has 108 valence electrons. The summed E-state index contributed by atoms with van der Waals surface area (Å²) in [6.07, 6.45) is 2.86. The van der Waals surface area contributed by atoms with E-state index in [-0.39, 0.29) is 17.9 Å². The Morgan fingerprint density at radius 2 is 2.20 bits per heavy atom.